The number of hydrazine groups is 1. The molecule has 1 heterocycles. The first-order valence-corrected chi connectivity index (χ1v) is 8.42. The van der Waals surface area contributed by atoms with E-state index in [-0.39, 0.29) is 0 Å². The lowest BCUT2D eigenvalue weighted by Gasteiger charge is -2.31. The first kappa shape index (κ1) is 12.9. The quantitative estimate of drug-likeness (QED) is 0.671. The monoisotopic (exact) mass is 274 g/mol. The van der Waals surface area contributed by atoms with Crippen molar-refractivity contribution in [2.45, 2.75) is 0 Å². The maximum atomic E-state index is 11.4. The van der Waals surface area contributed by atoms with Gasteiger partial charge in [0.2, 0.25) is 0 Å². The average Bonchev–Trinajstić information content (AvgIpc) is 2.79. The molecular weight excluding hydrogens is 259 g/mol. The molecule has 1 aliphatic rings. The Balaban J connectivity index is 2.20. The van der Waals surface area contributed by atoms with Crippen LogP contribution in [0.25, 0.3) is 0 Å². The average molecular weight is 274 g/mol. The summed E-state index contributed by atoms with van der Waals surface area (Å²) in [6.07, 6.45) is 0. The summed E-state index contributed by atoms with van der Waals surface area (Å²) in [5.41, 5.74) is 0.756. The van der Waals surface area contributed by atoms with E-state index in [0.29, 0.717) is 0 Å². The van der Waals surface area contributed by atoms with Gasteiger partial charge in [0.25, 0.3) is 0 Å². The van der Waals surface area contributed by atoms with Gasteiger partial charge in [0.05, 0.1) is 11.6 Å². The van der Waals surface area contributed by atoms with E-state index >= 15 is 0 Å². The summed E-state index contributed by atoms with van der Waals surface area (Å²) in [4.78, 5) is 9.37. The van der Waals surface area contributed by atoms with Crippen LogP contribution in [0, 0.1) is 0 Å². The van der Waals surface area contributed by atoms with E-state index in [1.165, 1.54) is 11.8 Å². The minimum atomic E-state index is -3.56. The van der Waals surface area contributed by atoms with Crippen LogP contribution in [-0.4, -0.2) is 34.7 Å². The number of para-hydroxylation sites is 1. The Morgan fingerprint density at radius 1 is 1.47 bits per heavy atom. The summed E-state index contributed by atoms with van der Waals surface area (Å²) >= 11 is 1.76. The van der Waals surface area contributed by atoms with Gasteiger partial charge < -0.3 is 4.89 Å². The molecule has 2 rings (SSSR count). The molecule has 0 bridgehead atoms. The van der Waals surface area contributed by atoms with Crippen LogP contribution in [0.4, 0.5) is 5.69 Å². The fourth-order valence-corrected chi connectivity index (χ4v) is 2.91. The van der Waals surface area contributed by atoms with Crippen molar-refractivity contribution in [2.75, 3.05) is 30.0 Å². The molecule has 17 heavy (non-hydrogen) atoms. The maximum Gasteiger partial charge on any atom is 0.347 e. The van der Waals surface area contributed by atoms with Gasteiger partial charge in [-0.05, 0) is 12.1 Å². The highest BCUT2D eigenvalue weighted by atomic mass is 32.2. The van der Waals surface area contributed by atoms with Crippen LogP contribution in [-0.2, 0) is 9.19 Å². The lowest BCUT2D eigenvalue weighted by atomic mass is 10.3. The van der Waals surface area contributed by atoms with Gasteiger partial charge in [-0.15, -0.1) is 11.8 Å². The highest BCUT2D eigenvalue weighted by Gasteiger charge is 2.26. The Kier molecular flexibility index (Phi) is 4.12. The summed E-state index contributed by atoms with van der Waals surface area (Å²) < 4.78 is 16.6. The Hall–Kier alpha value is -0.520. The number of hydrogen-bond acceptors (Lipinski definition) is 5. The second-order valence-corrected chi connectivity index (χ2v) is 6.60. The largest absolute Gasteiger partial charge is 0.347 e. The molecule has 7 heteroatoms. The zero-order valence-corrected chi connectivity index (χ0v) is 11.2. The van der Waals surface area contributed by atoms with Crippen LogP contribution >= 0.6 is 19.4 Å². The summed E-state index contributed by atoms with van der Waals surface area (Å²) in [5.74, 6) is 1.75. The molecule has 0 saturated carbocycles. The lowest BCUT2D eigenvalue weighted by molar-refractivity contribution is 0.102. The second kappa shape index (κ2) is 5.42. The van der Waals surface area contributed by atoms with Gasteiger partial charge in [0.15, 0.2) is 0 Å². The number of anilines is 1. The molecule has 5 nitrogen and oxygen atoms in total. The van der Waals surface area contributed by atoms with Gasteiger partial charge in [0.1, 0.15) is 0 Å². The molecule has 1 atom stereocenters. The van der Waals surface area contributed by atoms with Crippen molar-refractivity contribution < 1.29 is 14.1 Å². The highest BCUT2D eigenvalue weighted by molar-refractivity contribution is 7.99. The van der Waals surface area contributed by atoms with Crippen LogP contribution in [0.2, 0.25) is 0 Å². The van der Waals surface area contributed by atoms with E-state index in [2.05, 4.69) is 0 Å². The summed E-state index contributed by atoms with van der Waals surface area (Å²) in [7, 11) is -3.56. The van der Waals surface area contributed by atoms with Gasteiger partial charge in [-0.2, -0.15) is 14.8 Å². The summed E-state index contributed by atoms with van der Waals surface area (Å²) in [5, 5.41) is 3.34. The number of benzene rings is 1. The first-order valence-electron chi connectivity index (χ1n) is 5.24. The fourth-order valence-electron chi connectivity index (χ4n) is 1.51. The molecule has 1 aromatic rings. The lowest BCUT2D eigenvalue weighted by Crippen LogP contribution is -2.40. The standard InChI is InChI=1S/C10H15N2O3PS/c1-16(13,14)15-12(11-7-8-17-9-11)10-5-3-2-4-6-10/h2-6H,7-9H2,1H3,(H,13,14). The Bertz CT molecular complexity index is 405. The van der Waals surface area contributed by atoms with Crippen LogP contribution < -0.4 is 5.17 Å². The molecule has 1 unspecified atom stereocenters. The van der Waals surface area contributed by atoms with Gasteiger partial charge in [-0.25, -0.2) is 0 Å². The number of nitrogens with zero attached hydrogens (tertiary/aromatic N) is 2. The minimum absolute atomic E-state index is 0.756. The number of thioether (sulfide) groups is 1. The summed E-state index contributed by atoms with van der Waals surface area (Å²) in [6, 6.07) is 9.32. The van der Waals surface area contributed by atoms with Crippen molar-refractivity contribution in [3.63, 3.8) is 0 Å². The molecule has 0 spiro atoms. The van der Waals surface area contributed by atoms with Gasteiger partial charge >= 0.3 is 7.60 Å². The molecule has 1 saturated heterocycles. The molecular formula is C10H15N2O3PS. The minimum Gasteiger partial charge on any atom is -0.323 e. The third kappa shape index (κ3) is 3.72. The summed E-state index contributed by atoms with van der Waals surface area (Å²) in [6.45, 7) is 1.99. The van der Waals surface area contributed by atoms with Crippen molar-refractivity contribution >= 4 is 25.0 Å². The molecule has 1 aliphatic heterocycles. The van der Waals surface area contributed by atoms with Crippen LogP contribution in [0.5, 0.6) is 0 Å². The van der Waals surface area contributed by atoms with Crippen LogP contribution in [0.1, 0.15) is 0 Å². The predicted molar refractivity (Wildman–Crippen MR) is 69.8 cm³/mol. The van der Waals surface area contributed by atoms with Gasteiger partial charge in [0, 0.05) is 19.0 Å². The van der Waals surface area contributed by atoms with E-state index in [4.69, 9.17) is 4.62 Å². The zero-order valence-electron chi connectivity index (χ0n) is 9.52. The Morgan fingerprint density at radius 3 is 2.71 bits per heavy atom. The predicted octanol–water partition coefficient (Wildman–Crippen LogP) is 2.16. The van der Waals surface area contributed by atoms with Crippen molar-refractivity contribution in [1.82, 2.24) is 5.01 Å². The zero-order chi connectivity index (χ0) is 12.3. The SMILES string of the molecule is CP(=O)(O)ON(c1ccccc1)N1CCSC1. The molecule has 0 amide bonds. The third-order valence-electron chi connectivity index (χ3n) is 2.20. The van der Waals surface area contributed by atoms with Crippen molar-refractivity contribution in [3.8, 4) is 0 Å². The van der Waals surface area contributed by atoms with Gasteiger partial charge in [-0.3, -0.25) is 4.57 Å². The fraction of sp³-hybridized carbons (Fsp3) is 0.400. The van der Waals surface area contributed by atoms with Crippen molar-refractivity contribution in [2.24, 2.45) is 0 Å². The topological polar surface area (TPSA) is 53.0 Å². The van der Waals surface area contributed by atoms with Crippen molar-refractivity contribution in [3.05, 3.63) is 30.3 Å². The van der Waals surface area contributed by atoms with Gasteiger partial charge in [-0.1, -0.05) is 18.2 Å². The molecule has 1 fully saturated rings. The molecule has 0 aromatic heterocycles. The van der Waals surface area contributed by atoms with E-state index < -0.39 is 7.60 Å². The van der Waals surface area contributed by atoms with Crippen LogP contribution in [0.3, 0.4) is 0 Å². The second-order valence-electron chi connectivity index (χ2n) is 3.76. The molecule has 94 valence electrons. The smallest absolute Gasteiger partial charge is 0.323 e. The third-order valence-corrected chi connectivity index (χ3v) is 3.61. The van der Waals surface area contributed by atoms with E-state index in [0.717, 1.165) is 23.9 Å². The van der Waals surface area contributed by atoms with Crippen LogP contribution in [0.15, 0.2) is 30.3 Å². The van der Waals surface area contributed by atoms with E-state index in [9.17, 15) is 9.46 Å². The Labute approximate surface area is 105 Å². The Morgan fingerprint density at radius 2 is 2.18 bits per heavy atom. The number of rotatable bonds is 4. The highest BCUT2D eigenvalue weighted by Crippen LogP contribution is 2.40. The maximum absolute atomic E-state index is 11.4. The molecule has 1 aromatic carbocycles. The van der Waals surface area contributed by atoms with E-state index in [1.54, 1.807) is 11.8 Å². The normalized spacial score (nSPS) is 20.1. The number of hydrogen-bond donors (Lipinski definition) is 1. The molecule has 0 radical (unpaired) electrons. The molecule has 0 aliphatic carbocycles. The first-order chi connectivity index (χ1) is 8.06. The molecule has 1 N–H and O–H groups in total. The van der Waals surface area contributed by atoms with E-state index in [1.807, 2.05) is 35.3 Å². The van der Waals surface area contributed by atoms with Crippen molar-refractivity contribution in [1.29, 1.82) is 0 Å².